The number of nitrogens with zero attached hydrogens (tertiary/aromatic N) is 1. The molecule has 0 atom stereocenters. The largest absolute Gasteiger partial charge is 0.491 e. The van der Waals surface area contributed by atoms with Gasteiger partial charge in [0.25, 0.3) is 5.69 Å². The summed E-state index contributed by atoms with van der Waals surface area (Å²) in [6.07, 6.45) is 6.03. The van der Waals surface area contributed by atoms with E-state index in [2.05, 4.69) is 6.92 Å². The van der Waals surface area contributed by atoms with Gasteiger partial charge in [0.05, 0.1) is 44.6 Å². The molecule has 0 saturated carbocycles. The van der Waals surface area contributed by atoms with E-state index in [1.54, 1.807) is 12.1 Å². The van der Waals surface area contributed by atoms with Gasteiger partial charge in [0.2, 0.25) is 0 Å². The molecule has 31 heavy (non-hydrogen) atoms. The minimum atomic E-state index is -0.454. The Bertz CT molecular complexity index is 594. The van der Waals surface area contributed by atoms with Gasteiger partial charge in [-0.15, -0.1) is 0 Å². The van der Waals surface area contributed by atoms with Gasteiger partial charge >= 0.3 is 5.97 Å². The summed E-state index contributed by atoms with van der Waals surface area (Å²) in [5.74, 6) is 0.395. The molecular weight excluding hydrogens is 406 g/mol. The number of ether oxygens (including phenoxy) is 5. The molecule has 0 N–H and O–H groups in total. The molecule has 0 saturated heterocycles. The van der Waals surface area contributed by atoms with Crippen molar-refractivity contribution in [3.05, 3.63) is 34.4 Å². The fourth-order valence-electron chi connectivity index (χ4n) is 2.58. The molecule has 9 nitrogen and oxygen atoms in total. The van der Waals surface area contributed by atoms with E-state index in [0.717, 1.165) is 12.8 Å². The molecule has 0 amide bonds. The molecule has 0 spiro atoms. The lowest BCUT2D eigenvalue weighted by molar-refractivity contribution is -0.384. The predicted octanol–water partition coefficient (Wildman–Crippen LogP) is 3.93. The molecule has 0 fully saturated rings. The molecule has 0 aliphatic rings. The van der Waals surface area contributed by atoms with Gasteiger partial charge in [-0.05, 0) is 18.6 Å². The second kappa shape index (κ2) is 18.5. The summed E-state index contributed by atoms with van der Waals surface area (Å²) in [6.45, 7) is 5.27. The van der Waals surface area contributed by atoms with E-state index >= 15 is 0 Å². The van der Waals surface area contributed by atoms with Gasteiger partial charge in [0.15, 0.2) is 0 Å². The van der Waals surface area contributed by atoms with Gasteiger partial charge < -0.3 is 23.7 Å². The van der Waals surface area contributed by atoms with Gasteiger partial charge in [-0.2, -0.15) is 0 Å². The molecule has 0 aliphatic heterocycles. The van der Waals surface area contributed by atoms with E-state index in [1.807, 2.05) is 0 Å². The van der Waals surface area contributed by atoms with E-state index in [9.17, 15) is 14.9 Å². The maximum absolute atomic E-state index is 11.5. The van der Waals surface area contributed by atoms with E-state index in [0.29, 0.717) is 58.4 Å². The number of esters is 1. The highest BCUT2D eigenvalue weighted by Gasteiger charge is 2.04. The number of non-ortho nitro benzene ring substituents is 1. The molecule has 176 valence electrons. The molecule has 1 rings (SSSR count). The zero-order chi connectivity index (χ0) is 22.6. The highest BCUT2D eigenvalue weighted by atomic mass is 16.6. The van der Waals surface area contributed by atoms with Crippen molar-refractivity contribution in [2.75, 3.05) is 52.9 Å². The number of nitro groups is 1. The number of carbonyl (C=O) groups excluding carboxylic acids is 1. The number of hydrogen-bond donors (Lipinski definition) is 0. The number of nitro benzene ring substituents is 1. The first-order valence-electron chi connectivity index (χ1n) is 10.9. The first-order chi connectivity index (χ1) is 15.1. The summed E-state index contributed by atoms with van der Waals surface area (Å²) in [7, 11) is 0. The van der Waals surface area contributed by atoms with Crippen molar-refractivity contribution >= 4 is 11.7 Å². The van der Waals surface area contributed by atoms with Crippen LogP contribution in [-0.4, -0.2) is 63.7 Å². The molecule has 1 aromatic rings. The lowest BCUT2D eigenvalue weighted by Crippen LogP contribution is -2.14. The summed E-state index contributed by atoms with van der Waals surface area (Å²) in [4.78, 5) is 21.6. The normalized spacial score (nSPS) is 10.7. The van der Waals surface area contributed by atoms with Crippen molar-refractivity contribution in [1.82, 2.24) is 0 Å². The van der Waals surface area contributed by atoms with Crippen LogP contribution < -0.4 is 4.74 Å². The predicted molar refractivity (Wildman–Crippen MR) is 115 cm³/mol. The van der Waals surface area contributed by atoms with Crippen LogP contribution in [0.25, 0.3) is 0 Å². The lowest BCUT2D eigenvalue weighted by Gasteiger charge is -2.08. The number of unbranched alkanes of at least 4 members (excludes halogenated alkanes) is 4. The summed E-state index contributed by atoms with van der Waals surface area (Å²) >= 11 is 0. The maximum Gasteiger partial charge on any atom is 0.305 e. The second-order valence-corrected chi connectivity index (χ2v) is 6.82. The van der Waals surface area contributed by atoms with Gasteiger partial charge in [-0.1, -0.05) is 32.6 Å². The van der Waals surface area contributed by atoms with E-state index in [-0.39, 0.29) is 18.3 Å². The van der Waals surface area contributed by atoms with Gasteiger partial charge in [-0.25, -0.2) is 0 Å². The third kappa shape index (κ3) is 15.3. The molecule has 0 unspecified atom stereocenters. The van der Waals surface area contributed by atoms with Crippen molar-refractivity contribution < 1.29 is 33.4 Å². The Labute approximate surface area is 184 Å². The van der Waals surface area contributed by atoms with Crippen molar-refractivity contribution in [1.29, 1.82) is 0 Å². The van der Waals surface area contributed by atoms with E-state index in [1.165, 1.54) is 31.4 Å². The minimum absolute atomic E-state index is 0.0268. The average molecular weight is 442 g/mol. The van der Waals surface area contributed by atoms with Crippen molar-refractivity contribution in [2.45, 2.75) is 45.4 Å². The minimum Gasteiger partial charge on any atom is -0.491 e. The molecule has 0 radical (unpaired) electrons. The Morgan fingerprint density at radius 1 is 0.806 bits per heavy atom. The third-order valence-corrected chi connectivity index (χ3v) is 4.26. The second-order valence-electron chi connectivity index (χ2n) is 6.82. The van der Waals surface area contributed by atoms with Crippen LogP contribution in [0, 0.1) is 10.1 Å². The van der Waals surface area contributed by atoms with Crippen LogP contribution in [0.2, 0.25) is 0 Å². The molecule has 0 bridgehead atoms. The van der Waals surface area contributed by atoms with Crippen molar-refractivity contribution in [3.63, 3.8) is 0 Å². The zero-order valence-corrected chi connectivity index (χ0v) is 18.4. The molecule has 0 aliphatic carbocycles. The van der Waals surface area contributed by atoms with Crippen LogP contribution >= 0.6 is 0 Å². The number of hydrogen-bond acceptors (Lipinski definition) is 8. The Morgan fingerprint density at radius 3 is 1.94 bits per heavy atom. The summed E-state index contributed by atoms with van der Waals surface area (Å²) < 4.78 is 26.7. The van der Waals surface area contributed by atoms with Crippen molar-refractivity contribution in [3.8, 4) is 5.75 Å². The Morgan fingerprint density at radius 2 is 1.35 bits per heavy atom. The SMILES string of the molecule is CCCCCCCC(=O)OCCOCCOCCOCCOc1ccc([N+](=O)[O-])cc1. The highest BCUT2D eigenvalue weighted by molar-refractivity contribution is 5.69. The molecule has 0 aromatic heterocycles. The summed E-state index contributed by atoms with van der Waals surface area (Å²) in [5.41, 5.74) is 0.0268. The number of carbonyl (C=O) groups is 1. The molecule has 9 heteroatoms. The number of benzene rings is 1. The topological polar surface area (TPSA) is 106 Å². The van der Waals surface area contributed by atoms with Crippen LogP contribution in [0.1, 0.15) is 45.4 Å². The monoisotopic (exact) mass is 441 g/mol. The fourth-order valence-corrected chi connectivity index (χ4v) is 2.58. The van der Waals surface area contributed by atoms with Crippen molar-refractivity contribution in [2.24, 2.45) is 0 Å². The quantitative estimate of drug-likeness (QED) is 0.130. The van der Waals surface area contributed by atoms with Crippen LogP contribution in [0.3, 0.4) is 0 Å². The van der Waals surface area contributed by atoms with E-state index in [4.69, 9.17) is 23.7 Å². The Kier molecular flexibility index (Phi) is 16.0. The molecular formula is C22H35NO8. The van der Waals surface area contributed by atoms with Gasteiger partial charge in [-0.3, -0.25) is 14.9 Å². The van der Waals surface area contributed by atoms with Gasteiger partial charge in [0.1, 0.15) is 19.0 Å². The smallest absolute Gasteiger partial charge is 0.305 e. The lowest BCUT2D eigenvalue weighted by atomic mass is 10.1. The molecule has 1 aromatic carbocycles. The first-order valence-corrected chi connectivity index (χ1v) is 10.9. The first kappa shape index (κ1) is 26.8. The van der Waals surface area contributed by atoms with Crippen LogP contribution in [0.4, 0.5) is 5.69 Å². The average Bonchev–Trinajstić information content (AvgIpc) is 2.77. The van der Waals surface area contributed by atoms with Crippen LogP contribution in [-0.2, 0) is 23.7 Å². The standard InChI is InChI=1S/C22H35NO8/c1-2-3-4-5-6-7-22(24)31-19-17-29-15-13-27-12-14-28-16-18-30-21-10-8-20(9-11-21)23(25)26/h8-11H,2-7,12-19H2,1H3. The molecule has 0 heterocycles. The fraction of sp³-hybridized carbons (Fsp3) is 0.682. The third-order valence-electron chi connectivity index (χ3n) is 4.26. The van der Waals surface area contributed by atoms with Crippen LogP contribution in [0.15, 0.2) is 24.3 Å². The van der Waals surface area contributed by atoms with Gasteiger partial charge in [0, 0.05) is 18.6 Å². The highest BCUT2D eigenvalue weighted by Crippen LogP contribution is 2.17. The maximum atomic E-state index is 11.5. The Hall–Kier alpha value is -2.23. The summed E-state index contributed by atoms with van der Waals surface area (Å²) in [6, 6.07) is 5.89. The van der Waals surface area contributed by atoms with Crippen LogP contribution in [0.5, 0.6) is 5.75 Å². The summed E-state index contributed by atoms with van der Waals surface area (Å²) in [5, 5.41) is 10.6. The number of rotatable bonds is 20. The van der Waals surface area contributed by atoms with E-state index < -0.39 is 4.92 Å². The Balaban J connectivity index is 1.81. The zero-order valence-electron chi connectivity index (χ0n) is 18.4.